The fourth-order valence-electron chi connectivity index (χ4n) is 2.94. The Hall–Kier alpha value is -2.25. The lowest BCUT2D eigenvalue weighted by molar-refractivity contribution is -0.122. The quantitative estimate of drug-likeness (QED) is 0.678. The highest BCUT2D eigenvalue weighted by Gasteiger charge is 2.30. The van der Waals surface area contributed by atoms with Gasteiger partial charge in [-0.15, -0.1) is 0 Å². The smallest absolute Gasteiger partial charge is 0.243 e. The van der Waals surface area contributed by atoms with Crippen LogP contribution in [0.5, 0.6) is 5.75 Å². The zero-order valence-electron chi connectivity index (χ0n) is 17.3. The van der Waals surface area contributed by atoms with E-state index in [-0.39, 0.29) is 12.6 Å². The summed E-state index contributed by atoms with van der Waals surface area (Å²) in [5.74, 6) is 0.303. The van der Waals surface area contributed by atoms with E-state index >= 15 is 0 Å². The molecule has 0 saturated carbocycles. The van der Waals surface area contributed by atoms with Crippen LogP contribution in [0.3, 0.4) is 0 Å². The Bertz CT molecular complexity index is 976. The molecule has 2 aromatic rings. The molecule has 0 heterocycles. The van der Waals surface area contributed by atoms with E-state index in [1.54, 1.807) is 32.0 Å². The summed E-state index contributed by atoms with van der Waals surface area (Å²) < 4.78 is 31.7. The third-order valence-corrected chi connectivity index (χ3v) is 5.70. The van der Waals surface area contributed by atoms with Gasteiger partial charge in [0.15, 0.2) is 0 Å². The standard InChI is InChI=1S/C21H27ClN2O4S/c1-14(2)28-19-8-6-7-17(11-19)13-23-21(25)16(4)24(29(5,26)27)20-12-18(22)10-9-15(20)3/h6-12,14,16H,13H2,1-5H3,(H,23,25). The fraction of sp³-hybridized carbons (Fsp3) is 0.381. The van der Waals surface area contributed by atoms with Crippen molar-refractivity contribution in [3.63, 3.8) is 0 Å². The predicted molar refractivity (Wildman–Crippen MR) is 117 cm³/mol. The van der Waals surface area contributed by atoms with Gasteiger partial charge in [-0.3, -0.25) is 9.10 Å². The second-order valence-corrected chi connectivity index (χ2v) is 9.49. The van der Waals surface area contributed by atoms with Gasteiger partial charge in [0, 0.05) is 11.6 Å². The number of nitrogens with zero attached hydrogens (tertiary/aromatic N) is 1. The molecular weight excluding hydrogens is 412 g/mol. The molecule has 29 heavy (non-hydrogen) atoms. The highest BCUT2D eigenvalue weighted by atomic mass is 35.5. The molecule has 0 saturated heterocycles. The van der Waals surface area contributed by atoms with Gasteiger partial charge >= 0.3 is 0 Å². The van der Waals surface area contributed by atoms with Gasteiger partial charge < -0.3 is 10.1 Å². The lowest BCUT2D eigenvalue weighted by Crippen LogP contribution is -2.48. The zero-order valence-corrected chi connectivity index (χ0v) is 18.8. The van der Waals surface area contributed by atoms with Crippen LogP contribution in [0.25, 0.3) is 0 Å². The predicted octanol–water partition coefficient (Wildman–Crippen LogP) is 3.91. The number of amides is 1. The fourth-order valence-corrected chi connectivity index (χ4v) is 4.33. The van der Waals surface area contributed by atoms with E-state index in [1.807, 2.05) is 38.1 Å². The van der Waals surface area contributed by atoms with Crippen LogP contribution in [-0.2, 0) is 21.4 Å². The van der Waals surface area contributed by atoms with E-state index in [0.717, 1.165) is 16.1 Å². The normalized spacial score (nSPS) is 12.5. The summed E-state index contributed by atoms with van der Waals surface area (Å²) in [5.41, 5.74) is 1.95. The number of carbonyl (C=O) groups excluding carboxylic acids is 1. The molecule has 0 aliphatic rings. The molecule has 1 atom stereocenters. The molecule has 6 nitrogen and oxygen atoms in total. The minimum absolute atomic E-state index is 0.0455. The highest BCUT2D eigenvalue weighted by molar-refractivity contribution is 7.92. The van der Waals surface area contributed by atoms with Crippen molar-refractivity contribution in [3.8, 4) is 5.75 Å². The van der Waals surface area contributed by atoms with Crippen LogP contribution >= 0.6 is 11.6 Å². The molecule has 0 aliphatic carbocycles. The third-order valence-electron chi connectivity index (χ3n) is 4.23. The number of nitrogens with one attached hydrogen (secondary N) is 1. The van der Waals surface area contributed by atoms with Crippen LogP contribution in [0.4, 0.5) is 5.69 Å². The summed E-state index contributed by atoms with van der Waals surface area (Å²) in [6.45, 7) is 7.45. The number of halogens is 1. The Morgan fingerprint density at radius 2 is 1.86 bits per heavy atom. The Kier molecular flexibility index (Phi) is 7.54. The van der Waals surface area contributed by atoms with Crippen LogP contribution in [0.2, 0.25) is 5.02 Å². The van der Waals surface area contributed by atoms with Crippen molar-refractivity contribution >= 4 is 33.2 Å². The van der Waals surface area contributed by atoms with Gasteiger partial charge in [0.25, 0.3) is 0 Å². The lowest BCUT2D eigenvalue weighted by Gasteiger charge is -2.29. The molecule has 2 aromatic carbocycles. The highest BCUT2D eigenvalue weighted by Crippen LogP contribution is 2.28. The maximum absolute atomic E-state index is 12.8. The van der Waals surface area contributed by atoms with Crippen molar-refractivity contribution in [1.82, 2.24) is 5.32 Å². The lowest BCUT2D eigenvalue weighted by atomic mass is 10.1. The second kappa shape index (κ2) is 9.50. The summed E-state index contributed by atoms with van der Waals surface area (Å²) in [6, 6.07) is 11.4. The number of aryl methyl sites for hydroxylation is 1. The first-order valence-electron chi connectivity index (χ1n) is 9.28. The molecule has 0 aromatic heterocycles. The second-order valence-electron chi connectivity index (χ2n) is 7.20. The summed E-state index contributed by atoms with van der Waals surface area (Å²) >= 11 is 6.05. The number of benzene rings is 2. The van der Waals surface area contributed by atoms with Crippen LogP contribution in [0, 0.1) is 6.92 Å². The van der Waals surface area contributed by atoms with Gasteiger partial charge in [0.1, 0.15) is 11.8 Å². The van der Waals surface area contributed by atoms with Crippen LogP contribution < -0.4 is 14.4 Å². The number of hydrogen-bond donors (Lipinski definition) is 1. The third kappa shape index (κ3) is 6.37. The topological polar surface area (TPSA) is 75.7 Å². The number of anilines is 1. The molecule has 0 spiro atoms. The number of sulfonamides is 1. The van der Waals surface area contributed by atoms with E-state index < -0.39 is 22.0 Å². The van der Waals surface area contributed by atoms with Crippen molar-refractivity contribution in [3.05, 3.63) is 58.6 Å². The molecule has 8 heteroatoms. The maximum Gasteiger partial charge on any atom is 0.243 e. The minimum atomic E-state index is -3.71. The van der Waals surface area contributed by atoms with Crippen LogP contribution in [0.1, 0.15) is 31.9 Å². The van der Waals surface area contributed by atoms with Gasteiger partial charge in [0.2, 0.25) is 15.9 Å². The molecule has 2 rings (SSSR count). The number of carbonyl (C=O) groups is 1. The largest absolute Gasteiger partial charge is 0.491 e. The summed E-state index contributed by atoms with van der Waals surface area (Å²) in [4.78, 5) is 12.8. The summed E-state index contributed by atoms with van der Waals surface area (Å²) in [7, 11) is -3.71. The molecule has 1 N–H and O–H groups in total. The van der Waals surface area contributed by atoms with E-state index in [4.69, 9.17) is 16.3 Å². The van der Waals surface area contributed by atoms with E-state index in [0.29, 0.717) is 22.0 Å². The molecule has 0 radical (unpaired) electrons. The van der Waals surface area contributed by atoms with Crippen LogP contribution in [0.15, 0.2) is 42.5 Å². The molecule has 0 bridgehead atoms. The Balaban J connectivity index is 2.19. The van der Waals surface area contributed by atoms with Gasteiger partial charge in [0.05, 0.1) is 18.0 Å². The van der Waals surface area contributed by atoms with Crippen molar-refractivity contribution in [2.45, 2.75) is 46.4 Å². The number of hydrogen-bond acceptors (Lipinski definition) is 4. The van der Waals surface area contributed by atoms with Crippen molar-refractivity contribution < 1.29 is 17.9 Å². The first-order valence-corrected chi connectivity index (χ1v) is 11.5. The van der Waals surface area contributed by atoms with Gasteiger partial charge in [-0.05, 0) is 63.1 Å². The van der Waals surface area contributed by atoms with Crippen molar-refractivity contribution in [1.29, 1.82) is 0 Å². The first-order chi connectivity index (χ1) is 13.5. The van der Waals surface area contributed by atoms with Crippen molar-refractivity contribution in [2.24, 2.45) is 0 Å². The average molecular weight is 439 g/mol. The van der Waals surface area contributed by atoms with Gasteiger partial charge in [-0.2, -0.15) is 0 Å². The van der Waals surface area contributed by atoms with Gasteiger partial charge in [-0.1, -0.05) is 29.8 Å². The summed E-state index contributed by atoms with van der Waals surface area (Å²) in [6.07, 6.45) is 1.12. The van der Waals surface area contributed by atoms with E-state index in [1.165, 1.54) is 0 Å². The van der Waals surface area contributed by atoms with Crippen molar-refractivity contribution in [2.75, 3.05) is 10.6 Å². The molecule has 1 amide bonds. The molecule has 158 valence electrons. The maximum atomic E-state index is 12.8. The Morgan fingerprint density at radius 1 is 1.17 bits per heavy atom. The SMILES string of the molecule is Cc1ccc(Cl)cc1N(C(C)C(=O)NCc1cccc(OC(C)C)c1)S(C)(=O)=O. The Morgan fingerprint density at radius 3 is 2.48 bits per heavy atom. The minimum Gasteiger partial charge on any atom is -0.491 e. The molecular formula is C21H27ClN2O4S. The molecule has 0 aliphatic heterocycles. The number of rotatable bonds is 8. The molecule has 1 unspecified atom stereocenters. The monoisotopic (exact) mass is 438 g/mol. The summed E-state index contributed by atoms with van der Waals surface area (Å²) in [5, 5.41) is 3.20. The molecule has 0 fully saturated rings. The first kappa shape index (κ1) is 23.0. The van der Waals surface area contributed by atoms with E-state index in [2.05, 4.69) is 5.32 Å². The number of ether oxygens (including phenoxy) is 1. The average Bonchev–Trinajstić information content (AvgIpc) is 2.61. The zero-order chi connectivity index (χ0) is 21.8. The van der Waals surface area contributed by atoms with E-state index in [9.17, 15) is 13.2 Å². The van der Waals surface area contributed by atoms with Crippen LogP contribution in [-0.4, -0.2) is 32.7 Å². The van der Waals surface area contributed by atoms with Gasteiger partial charge in [-0.25, -0.2) is 8.42 Å². The Labute approximate surface area is 177 Å².